The number of benzene rings is 2. The normalized spacial score (nSPS) is 18.4. The zero-order valence-corrected chi connectivity index (χ0v) is 21.0. The van der Waals surface area contributed by atoms with E-state index in [1.54, 1.807) is 6.26 Å². The Hall–Kier alpha value is -3.71. The largest absolute Gasteiger partial charge is 0.464 e. The second kappa shape index (κ2) is 10.1. The van der Waals surface area contributed by atoms with E-state index in [4.69, 9.17) is 9.15 Å². The molecule has 2 atom stereocenters. The number of furan rings is 1. The molecule has 1 fully saturated rings. The van der Waals surface area contributed by atoms with Crippen molar-refractivity contribution in [2.75, 3.05) is 6.54 Å². The predicted molar refractivity (Wildman–Crippen MR) is 139 cm³/mol. The number of carbonyl (C=O) groups is 1. The van der Waals surface area contributed by atoms with Gasteiger partial charge in [0.15, 0.2) is 0 Å². The molecule has 36 heavy (non-hydrogen) atoms. The zero-order chi connectivity index (χ0) is 25.1. The number of nitrogens with zero attached hydrogens (tertiary/aromatic N) is 3. The van der Waals surface area contributed by atoms with Crippen molar-refractivity contribution >= 4 is 17.1 Å². The lowest BCUT2D eigenvalue weighted by molar-refractivity contribution is 0.00381. The number of hydrogen-bond donors (Lipinski definition) is 1. The number of aromatic nitrogens is 2. The molecule has 1 amide bonds. The van der Waals surface area contributed by atoms with E-state index in [1.165, 1.54) is 6.33 Å². The summed E-state index contributed by atoms with van der Waals surface area (Å²) in [5, 5.41) is 4.79. The highest BCUT2D eigenvalue weighted by Crippen LogP contribution is 2.34. The maximum atomic E-state index is 13.2. The zero-order valence-electron chi connectivity index (χ0n) is 21.0. The van der Waals surface area contributed by atoms with E-state index in [2.05, 4.69) is 39.6 Å². The third kappa shape index (κ3) is 5.26. The van der Waals surface area contributed by atoms with Gasteiger partial charge in [-0.25, -0.2) is 14.8 Å². The predicted octanol–water partition coefficient (Wildman–Crippen LogP) is 6.12. The molecule has 0 bridgehead atoms. The van der Waals surface area contributed by atoms with Gasteiger partial charge in [-0.2, -0.15) is 0 Å². The third-order valence-corrected chi connectivity index (χ3v) is 6.48. The van der Waals surface area contributed by atoms with E-state index < -0.39 is 5.60 Å². The molecule has 1 aliphatic heterocycles. The van der Waals surface area contributed by atoms with Gasteiger partial charge < -0.3 is 14.5 Å². The summed E-state index contributed by atoms with van der Waals surface area (Å²) in [6.07, 6.45) is 8.46. The minimum absolute atomic E-state index is 0.0578. The lowest BCUT2D eigenvalue weighted by atomic mass is 9.90. The molecule has 4 aromatic rings. The number of rotatable bonds is 5. The van der Waals surface area contributed by atoms with E-state index in [-0.39, 0.29) is 18.2 Å². The molecule has 0 saturated carbocycles. The van der Waals surface area contributed by atoms with Gasteiger partial charge in [-0.1, -0.05) is 30.3 Å². The summed E-state index contributed by atoms with van der Waals surface area (Å²) in [6, 6.07) is 16.3. The van der Waals surface area contributed by atoms with Crippen molar-refractivity contribution in [3.05, 3.63) is 84.6 Å². The van der Waals surface area contributed by atoms with Gasteiger partial charge in [-0.3, -0.25) is 4.90 Å². The molecule has 2 unspecified atom stereocenters. The summed E-state index contributed by atoms with van der Waals surface area (Å²) < 4.78 is 11.6. The van der Waals surface area contributed by atoms with Crippen LogP contribution in [0.4, 0.5) is 4.79 Å². The van der Waals surface area contributed by atoms with Crippen LogP contribution >= 0.6 is 0 Å². The van der Waals surface area contributed by atoms with Crippen LogP contribution in [0.15, 0.2) is 77.9 Å². The van der Waals surface area contributed by atoms with Crippen LogP contribution in [0.2, 0.25) is 0 Å². The van der Waals surface area contributed by atoms with Crippen molar-refractivity contribution in [3.63, 3.8) is 0 Å². The fraction of sp³-hybridized carbons (Fsp3) is 0.345. The van der Waals surface area contributed by atoms with E-state index in [0.717, 1.165) is 46.1 Å². The Kier molecular flexibility index (Phi) is 6.74. The van der Waals surface area contributed by atoms with Crippen LogP contribution in [-0.2, 0) is 11.3 Å². The Morgan fingerprint density at radius 3 is 2.64 bits per heavy atom. The van der Waals surface area contributed by atoms with Gasteiger partial charge in [0, 0.05) is 48.0 Å². The number of piperidine rings is 1. The van der Waals surface area contributed by atoms with Crippen molar-refractivity contribution in [2.45, 2.75) is 57.8 Å². The first-order chi connectivity index (χ1) is 17.4. The third-order valence-electron chi connectivity index (χ3n) is 6.48. The first-order valence-electron chi connectivity index (χ1n) is 12.4. The second-order valence-electron chi connectivity index (χ2n) is 10.3. The van der Waals surface area contributed by atoms with E-state index in [9.17, 15) is 4.79 Å². The number of carbonyl (C=O) groups excluding carboxylic acids is 1. The van der Waals surface area contributed by atoms with Gasteiger partial charge in [-0.15, -0.1) is 0 Å². The summed E-state index contributed by atoms with van der Waals surface area (Å²) in [5.41, 5.74) is 4.46. The number of likely N-dealkylation sites (tertiary alicyclic amines) is 1. The lowest BCUT2D eigenvalue weighted by Crippen LogP contribution is -2.51. The molecule has 0 spiro atoms. The van der Waals surface area contributed by atoms with Gasteiger partial charge in [0.1, 0.15) is 17.5 Å². The lowest BCUT2D eigenvalue weighted by Gasteiger charge is -2.42. The van der Waals surface area contributed by atoms with Crippen LogP contribution in [0.3, 0.4) is 0 Å². The van der Waals surface area contributed by atoms with Gasteiger partial charge in [0.25, 0.3) is 0 Å². The highest BCUT2D eigenvalue weighted by Gasteiger charge is 2.37. The molecule has 7 heteroatoms. The fourth-order valence-corrected chi connectivity index (χ4v) is 4.94. The molecular weight excluding hydrogens is 452 g/mol. The maximum absolute atomic E-state index is 13.2. The number of amides is 1. The number of hydrogen-bond acceptors (Lipinski definition) is 6. The van der Waals surface area contributed by atoms with Gasteiger partial charge in [-0.05, 0) is 62.9 Å². The van der Waals surface area contributed by atoms with Crippen LogP contribution in [0.1, 0.15) is 50.8 Å². The van der Waals surface area contributed by atoms with Gasteiger partial charge >= 0.3 is 6.09 Å². The van der Waals surface area contributed by atoms with Crippen LogP contribution in [0.5, 0.6) is 0 Å². The van der Waals surface area contributed by atoms with Gasteiger partial charge in [0.05, 0.1) is 12.3 Å². The monoisotopic (exact) mass is 484 g/mol. The van der Waals surface area contributed by atoms with Crippen molar-refractivity contribution in [3.8, 4) is 11.1 Å². The fourth-order valence-electron chi connectivity index (χ4n) is 4.94. The van der Waals surface area contributed by atoms with Crippen molar-refractivity contribution in [2.24, 2.45) is 0 Å². The summed E-state index contributed by atoms with van der Waals surface area (Å²) in [5.74, 6) is 0. The number of nitrogens with one attached hydrogen (secondary N) is 1. The Bertz CT molecular complexity index is 1310. The molecule has 5 rings (SSSR count). The highest BCUT2D eigenvalue weighted by molar-refractivity contribution is 5.86. The molecule has 1 saturated heterocycles. The standard InChI is InChI=1S/C29H32N4O3/c1-29(2,3)36-28(34)33-12-7-10-25(26(33)20-8-5-4-6-9-20)32-18-23-15-22(24-16-30-19-31-17-24)14-21-11-13-35-27(21)23/h4-6,8-9,11,13-17,19,25-26,32H,7,10,12,18H2,1-3H3. The highest BCUT2D eigenvalue weighted by atomic mass is 16.6. The molecule has 0 radical (unpaired) electrons. The van der Waals surface area contributed by atoms with E-state index in [0.29, 0.717) is 13.1 Å². The Morgan fingerprint density at radius 1 is 1.11 bits per heavy atom. The maximum Gasteiger partial charge on any atom is 0.410 e. The second-order valence-corrected chi connectivity index (χ2v) is 10.3. The Labute approximate surface area is 211 Å². The van der Waals surface area contributed by atoms with Gasteiger partial charge in [0.2, 0.25) is 0 Å². The average Bonchev–Trinajstić information content (AvgIpc) is 3.36. The first kappa shape index (κ1) is 24.0. The smallest absolute Gasteiger partial charge is 0.410 e. The summed E-state index contributed by atoms with van der Waals surface area (Å²) in [7, 11) is 0. The van der Waals surface area contributed by atoms with Crippen LogP contribution < -0.4 is 5.32 Å². The summed E-state index contributed by atoms with van der Waals surface area (Å²) in [6.45, 7) is 6.98. The summed E-state index contributed by atoms with van der Waals surface area (Å²) in [4.78, 5) is 23.4. The topological polar surface area (TPSA) is 80.5 Å². The molecular formula is C29H32N4O3. The molecule has 2 aromatic carbocycles. The first-order valence-corrected chi connectivity index (χ1v) is 12.4. The molecule has 1 N–H and O–H groups in total. The van der Waals surface area contributed by atoms with Crippen LogP contribution in [0, 0.1) is 0 Å². The minimum atomic E-state index is -0.550. The minimum Gasteiger partial charge on any atom is -0.464 e. The van der Waals surface area contributed by atoms with E-state index in [1.807, 2.05) is 62.3 Å². The number of ether oxygens (including phenoxy) is 1. The van der Waals surface area contributed by atoms with Crippen LogP contribution in [-0.4, -0.2) is 39.1 Å². The SMILES string of the molecule is CC(C)(C)OC(=O)N1CCCC(NCc2cc(-c3cncnc3)cc3ccoc23)C1c1ccccc1. The summed E-state index contributed by atoms with van der Waals surface area (Å²) >= 11 is 0. The van der Waals surface area contributed by atoms with Crippen molar-refractivity contribution < 1.29 is 13.9 Å². The number of fused-ring (bicyclic) bond motifs is 1. The molecule has 1 aliphatic rings. The molecule has 3 heterocycles. The Morgan fingerprint density at radius 2 is 1.89 bits per heavy atom. The quantitative estimate of drug-likeness (QED) is 0.368. The molecule has 7 nitrogen and oxygen atoms in total. The van der Waals surface area contributed by atoms with Crippen molar-refractivity contribution in [1.82, 2.24) is 20.2 Å². The Balaban J connectivity index is 1.44. The van der Waals surface area contributed by atoms with E-state index >= 15 is 0 Å². The molecule has 0 aliphatic carbocycles. The molecule has 2 aromatic heterocycles. The van der Waals surface area contributed by atoms with Crippen LogP contribution in [0.25, 0.3) is 22.1 Å². The molecule has 186 valence electrons. The average molecular weight is 485 g/mol. The van der Waals surface area contributed by atoms with Crippen molar-refractivity contribution in [1.29, 1.82) is 0 Å².